The number of nitrogens with two attached hydrogens (primary N) is 1. The normalized spacial score (nSPS) is 11.3. The Morgan fingerprint density at radius 1 is 1.03 bits per heavy atom. The largest absolute Gasteiger partial charge is 0.368 e. The lowest BCUT2D eigenvalue weighted by Crippen LogP contribution is -2.38. The molecule has 3 aromatic rings. The third kappa shape index (κ3) is 6.33. The molecule has 0 fully saturated rings. The van der Waals surface area contributed by atoms with Crippen LogP contribution in [-0.4, -0.2) is 42.4 Å². The summed E-state index contributed by atoms with van der Waals surface area (Å²) in [5.41, 5.74) is 8.89. The number of nitrogens with zero attached hydrogens (tertiary/aromatic N) is 1. The monoisotopic (exact) mass is 420 g/mol. The van der Waals surface area contributed by atoms with E-state index < -0.39 is 5.91 Å². The zero-order valence-electron chi connectivity index (χ0n) is 17.6. The third-order valence-corrected chi connectivity index (χ3v) is 4.76. The number of nitrogens with one attached hydrogen (secondary N) is 4. The standard InChI is InChI=1S/C23H28N6O2/c1-2-25-23(26-12-11-18-14-27-20-6-4-3-5-19(18)20)29-13-16-7-9-17(10-8-16)22(31)28-15-21(24)30/h3-10,14,27H,2,11-13,15H2,1H3,(H2,24,30)(H,28,31)(H2,25,26,29). The van der Waals surface area contributed by atoms with Gasteiger partial charge in [0.05, 0.1) is 13.1 Å². The lowest BCUT2D eigenvalue weighted by molar-refractivity contribution is -0.117. The molecule has 0 unspecified atom stereocenters. The summed E-state index contributed by atoms with van der Waals surface area (Å²) in [5.74, 6) is -0.167. The van der Waals surface area contributed by atoms with Crippen molar-refractivity contribution in [2.24, 2.45) is 10.7 Å². The number of hydrogen-bond donors (Lipinski definition) is 5. The molecule has 0 saturated heterocycles. The number of guanidine groups is 1. The van der Waals surface area contributed by atoms with Gasteiger partial charge < -0.3 is 26.7 Å². The first-order chi connectivity index (χ1) is 15.1. The number of carbonyl (C=O) groups excluding carboxylic acids is 2. The van der Waals surface area contributed by atoms with E-state index in [4.69, 9.17) is 5.73 Å². The van der Waals surface area contributed by atoms with E-state index in [0.717, 1.165) is 36.6 Å². The molecule has 8 nitrogen and oxygen atoms in total. The highest BCUT2D eigenvalue weighted by Gasteiger charge is 2.07. The van der Waals surface area contributed by atoms with Crippen molar-refractivity contribution in [2.75, 3.05) is 19.6 Å². The van der Waals surface area contributed by atoms with Crippen LogP contribution >= 0.6 is 0 Å². The maximum Gasteiger partial charge on any atom is 0.251 e. The summed E-state index contributed by atoms with van der Waals surface area (Å²) in [5, 5.41) is 10.3. The molecule has 162 valence electrons. The van der Waals surface area contributed by atoms with Gasteiger partial charge in [-0.2, -0.15) is 0 Å². The molecule has 1 heterocycles. The van der Waals surface area contributed by atoms with Crippen molar-refractivity contribution in [1.29, 1.82) is 0 Å². The number of hydrogen-bond acceptors (Lipinski definition) is 3. The van der Waals surface area contributed by atoms with Crippen molar-refractivity contribution in [2.45, 2.75) is 19.9 Å². The fraction of sp³-hybridized carbons (Fsp3) is 0.261. The van der Waals surface area contributed by atoms with E-state index in [9.17, 15) is 9.59 Å². The van der Waals surface area contributed by atoms with Crippen molar-refractivity contribution < 1.29 is 9.59 Å². The summed E-state index contributed by atoms with van der Waals surface area (Å²) >= 11 is 0. The lowest BCUT2D eigenvalue weighted by atomic mass is 10.1. The smallest absolute Gasteiger partial charge is 0.251 e. The van der Waals surface area contributed by atoms with Crippen LogP contribution in [-0.2, 0) is 17.8 Å². The van der Waals surface area contributed by atoms with E-state index in [1.807, 2.05) is 31.2 Å². The van der Waals surface area contributed by atoms with Crippen LogP contribution in [0.4, 0.5) is 0 Å². The van der Waals surface area contributed by atoms with Crippen LogP contribution < -0.4 is 21.7 Å². The van der Waals surface area contributed by atoms with E-state index in [1.165, 1.54) is 10.9 Å². The number of rotatable bonds is 9. The van der Waals surface area contributed by atoms with E-state index in [2.05, 4.69) is 44.3 Å². The van der Waals surface area contributed by atoms with Crippen molar-refractivity contribution >= 4 is 28.7 Å². The molecule has 8 heteroatoms. The van der Waals surface area contributed by atoms with E-state index in [0.29, 0.717) is 12.1 Å². The summed E-state index contributed by atoms with van der Waals surface area (Å²) in [6.45, 7) is 3.84. The van der Waals surface area contributed by atoms with Crippen LogP contribution in [0.1, 0.15) is 28.4 Å². The molecule has 3 rings (SSSR count). The average molecular weight is 421 g/mol. The second kappa shape index (κ2) is 10.8. The molecule has 2 amide bonds. The van der Waals surface area contributed by atoms with Gasteiger partial charge in [0, 0.05) is 35.8 Å². The molecule has 6 N–H and O–H groups in total. The van der Waals surface area contributed by atoms with Gasteiger partial charge in [0.15, 0.2) is 5.96 Å². The molecule has 31 heavy (non-hydrogen) atoms. The summed E-state index contributed by atoms with van der Waals surface area (Å²) in [6.07, 6.45) is 2.93. The molecule has 0 spiro atoms. The Labute approximate surface area is 181 Å². The van der Waals surface area contributed by atoms with E-state index in [1.54, 1.807) is 12.1 Å². The highest BCUT2D eigenvalue weighted by molar-refractivity contribution is 5.96. The van der Waals surface area contributed by atoms with Gasteiger partial charge in [0.25, 0.3) is 5.91 Å². The van der Waals surface area contributed by atoms with Crippen molar-refractivity contribution in [3.8, 4) is 0 Å². The number of H-pyrrole nitrogens is 1. The van der Waals surface area contributed by atoms with Gasteiger partial charge >= 0.3 is 0 Å². The van der Waals surface area contributed by atoms with E-state index in [-0.39, 0.29) is 12.5 Å². The molecule has 0 saturated carbocycles. The second-order valence-electron chi connectivity index (χ2n) is 7.08. The van der Waals surface area contributed by atoms with Crippen LogP contribution in [0.2, 0.25) is 0 Å². The Bertz CT molecular complexity index is 1060. The Kier molecular flexibility index (Phi) is 7.64. The second-order valence-corrected chi connectivity index (χ2v) is 7.08. The quantitative estimate of drug-likeness (QED) is 0.267. The number of para-hydroxylation sites is 1. The highest BCUT2D eigenvalue weighted by atomic mass is 16.2. The topological polar surface area (TPSA) is 124 Å². The molecule has 0 bridgehead atoms. The average Bonchev–Trinajstić information content (AvgIpc) is 3.19. The minimum Gasteiger partial charge on any atom is -0.368 e. The van der Waals surface area contributed by atoms with Gasteiger partial charge in [-0.3, -0.25) is 9.59 Å². The van der Waals surface area contributed by atoms with Crippen LogP contribution in [0.15, 0.2) is 59.7 Å². The number of amides is 2. The zero-order valence-corrected chi connectivity index (χ0v) is 17.6. The predicted octanol–water partition coefficient (Wildman–Crippen LogP) is 1.68. The van der Waals surface area contributed by atoms with Gasteiger partial charge in [-0.25, -0.2) is 4.99 Å². The number of primary amides is 1. The van der Waals surface area contributed by atoms with Gasteiger partial charge in [-0.1, -0.05) is 30.3 Å². The van der Waals surface area contributed by atoms with Gasteiger partial charge in [0.1, 0.15) is 0 Å². The van der Waals surface area contributed by atoms with Crippen LogP contribution in [0, 0.1) is 0 Å². The van der Waals surface area contributed by atoms with Crippen LogP contribution in [0.3, 0.4) is 0 Å². The first kappa shape index (κ1) is 21.9. The third-order valence-electron chi connectivity index (χ3n) is 4.76. The number of aromatic nitrogens is 1. The Morgan fingerprint density at radius 3 is 2.55 bits per heavy atom. The maximum absolute atomic E-state index is 11.9. The molecule has 0 aliphatic heterocycles. The maximum atomic E-state index is 11.9. The minimum atomic E-state index is -0.576. The summed E-state index contributed by atoms with van der Waals surface area (Å²) in [4.78, 5) is 30.6. The molecule has 0 aliphatic rings. The molecular formula is C23H28N6O2. The summed E-state index contributed by atoms with van der Waals surface area (Å²) < 4.78 is 0. The van der Waals surface area contributed by atoms with Crippen molar-refractivity contribution in [1.82, 2.24) is 20.9 Å². The van der Waals surface area contributed by atoms with Crippen molar-refractivity contribution in [3.05, 3.63) is 71.4 Å². The fourth-order valence-corrected chi connectivity index (χ4v) is 3.20. The minimum absolute atomic E-state index is 0.179. The number of aliphatic imine (C=N–C) groups is 1. The first-order valence-electron chi connectivity index (χ1n) is 10.3. The molecule has 1 aromatic heterocycles. The van der Waals surface area contributed by atoms with Crippen LogP contribution in [0.25, 0.3) is 10.9 Å². The van der Waals surface area contributed by atoms with Crippen LogP contribution in [0.5, 0.6) is 0 Å². The number of fused-ring (bicyclic) bond motifs is 1. The molecule has 2 aromatic carbocycles. The Hall–Kier alpha value is -3.81. The number of carbonyl (C=O) groups is 2. The van der Waals surface area contributed by atoms with Gasteiger partial charge in [0.2, 0.25) is 5.91 Å². The van der Waals surface area contributed by atoms with Gasteiger partial charge in [-0.15, -0.1) is 0 Å². The molecule has 0 aliphatic carbocycles. The summed E-state index contributed by atoms with van der Waals surface area (Å²) in [7, 11) is 0. The summed E-state index contributed by atoms with van der Waals surface area (Å²) in [6, 6.07) is 15.4. The highest BCUT2D eigenvalue weighted by Crippen LogP contribution is 2.17. The lowest BCUT2D eigenvalue weighted by Gasteiger charge is -2.11. The Balaban J connectivity index is 1.54. The molecule has 0 atom stereocenters. The SMILES string of the molecule is CCNC(=NCc1ccc(C(=O)NCC(N)=O)cc1)NCCc1c[nH]c2ccccc12. The molecular weight excluding hydrogens is 392 g/mol. The first-order valence-corrected chi connectivity index (χ1v) is 10.3. The number of benzene rings is 2. The predicted molar refractivity (Wildman–Crippen MR) is 123 cm³/mol. The van der Waals surface area contributed by atoms with Crippen molar-refractivity contribution in [3.63, 3.8) is 0 Å². The van der Waals surface area contributed by atoms with E-state index >= 15 is 0 Å². The van der Waals surface area contributed by atoms with Gasteiger partial charge in [-0.05, 0) is 42.7 Å². The molecule has 0 radical (unpaired) electrons. The Morgan fingerprint density at radius 2 is 1.81 bits per heavy atom. The number of aromatic amines is 1. The zero-order chi connectivity index (χ0) is 22.1. The fourth-order valence-electron chi connectivity index (χ4n) is 3.20.